The molecule has 5 nitrogen and oxygen atoms in total. The summed E-state index contributed by atoms with van der Waals surface area (Å²) in [6.45, 7) is 6.90. The molecule has 0 saturated carbocycles. The average Bonchev–Trinajstić information content (AvgIpc) is 2.71. The maximum atomic E-state index is 4.53. The maximum Gasteiger partial charge on any atom is 0.132 e. The fourth-order valence-electron chi connectivity index (χ4n) is 1.91. The first-order valence-electron chi connectivity index (χ1n) is 6.16. The van der Waals surface area contributed by atoms with Crippen molar-refractivity contribution >= 4 is 5.82 Å². The van der Waals surface area contributed by atoms with Crippen LogP contribution in [0.5, 0.6) is 0 Å². The van der Waals surface area contributed by atoms with E-state index in [-0.39, 0.29) is 0 Å². The number of aromatic nitrogens is 4. The van der Waals surface area contributed by atoms with Crippen LogP contribution in [0.25, 0.3) is 0 Å². The maximum absolute atomic E-state index is 4.53. The molecule has 96 valence electrons. The van der Waals surface area contributed by atoms with E-state index in [9.17, 15) is 0 Å². The summed E-state index contributed by atoms with van der Waals surface area (Å²) in [6, 6.07) is 0. The molecule has 0 saturated heterocycles. The van der Waals surface area contributed by atoms with Crippen molar-refractivity contribution in [3.8, 4) is 0 Å². The monoisotopic (exact) mass is 245 g/mol. The van der Waals surface area contributed by atoms with Crippen molar-refractivity contribution in [2.45, 2.75) is 27.2 Å². The van der Waals surface area contributed by atoms with Crippen LogP contribution in [0.15, 0.2) is 12.4 Å². The third-order valence-electron chi connectivity index (χ3n) is 2.95. The number of imidazole rings is 1. The van der Waals surface area contributed by atoms with Crippen LogP contribution >= 0.6 is 0 Å². The van der Waals surface area contributed by atoms with Gasteiger partial charge in [0.15, 0.2) is 0 Å². The standard InChI is InChI=1S/C13H19N5/c1-5-14-13-9(2)11(16-10(3)17-13)8-12-15-6-7-18(12)4/h6-7H,5,8H2,1-4H3,(H,14,16,17). The Kier molecular flexibility index (Phi) is 3.60. The summed E-state index contributed by atoms with van der Waals surface area (Å²) in [5.41, 5.74) is 2.14. The number of rotatable bonds is 4. The van der Waals surface area contributed by atoms with E-state index in [0.717, 1.165) is 41.7 Å². The van der Waals surface area contributed by atoms with Crippen molar-refractivity contribution in [1.29, 1.82) is 0 Å². The summed E-state index contributed by atoms with van der Waals surface area (Å²) in [6.07, 6.45) is 4.49. The summed E-state index contributed by atoms with van der Waals surface area (Å²) in [4.78, 5) is 13.3. The second-order valence-electron chi connectivity index (χ2n) is 4.35. The molecule has 0 aromatic carbocycles. The van der Waals surface area contributed by atoms with E-state index in [1.807, 2.05) is 30.9 Å². The van der Waals surface area contributed by atoms with Crippen LogP contribution in [0, 0.1) is 13.8 Å². The molecule has 0 unspecified atom stereocenters. The normalized spacial score (nSPS) is 10.7. The van der Waals surface area contributed by atoms with Crippen molar-refractivity contribution in [2.24, 2.45) is 7.05 Å². The molecule has 0 fully saturated rings. The van der Waals surface area contributed by atoms with E-state index in [2.05, 4.69) is 34.1 Å². The van der Waals surface area contributed by atoms with Gasteiger partial charge < -0.3 is 9.88 Å². The van der Waals surface area contributed by atoms with Crippen LogP contribution in [-0.4, -0.2) is 26.1 Å². The number of hydrogen-bond acceptors (Lipinski definition) is 4. The Hall–Kier alpha value is -1.91. The predicted octanol–water partition coefficient (Wildman–Crippen LogP) is 1.85. The molecule has 2 rings (SSSR count). The predicted molar refractivity (Wildman–Crippen MR) is 71.7 cm³/mol. The van der Waals surface area contributed by atoms with Crippen LogP contribution in [0.2, 0.25) is 0 Å². The minimum Gasteiger partial charge on any atom is -0.370 e. The molecular weight excluding hydrogens is 226 g/mol. The highest BCUT2D eigenvalue weighted by Crippen LogP contribution is 2.17. The SMILES string of the molecule is CCNc1nc(C)nc(Cc2nccn2C)c1C. The van der Waals surface area contributed by atoms with Gasteiger partial charge in [-0.2, -0.15) is 0 Å². The van der Waals surface area contributed by atoms with Gasteiger partial charge in [-0.15, -0.1) is 0 Å². The largest absolute Gasteiger partial charge is 0.370 e. The van der Waals surface area contributed by atoms with Gasteiger partial charge in [0.2, 0.25) is 0 Å². The number of nitrogens with one attached hydrogen (secondary N) is 1. The van der Waals surface area contributed by atoms with Gasteiger partial charge in [0, 0.05) is 38.0 Å². The molecule has 1 N–H and O–H groups in total. The second-order valence-corrected chi connectivity index (χ2v) is 4.35. The highest BCUT2D eigenvalue weighted by atomic mass is 15.1. The zero-order chi connectivity index (χ0) is 13.1. The first kappa shape index (κ1) is 12.5. The summed E-state index contributed by atoms with van der Waals surface area (Å²) in [5, 5.41) is 3.27. The number of nitrogens with zero attached hydrogens (tertiary/aromatic N) is 4. The number of hydrogen-bond donors (Lipinski definition) is 1. The third-order valence-corrected chi connectivity index (χ3v) is 2.95. The lowest BCUT2D eigenvalue weighted by atomic mass is 10.1. The fourth-order valence-corrected chi connectivity index (χ4v) is 1.91. The molecule has 0 bridgehead atoms. The van der Waals surface area contributed by atoms with Crippen molar-refractivity contribution in [1.82, 2.24) is 19.5 Å². The first-order valence-corrected chi connectivity index (χ1v) is 6.16. The minimum atomic E-state index is 0.733. The van der Waals surface area contributed by atoms with Gasteiger partial charge in [-0.05, 0) is 20.8 Å². The van der Waals surface area contributed by atoms with Gasteiger partial charge in [-0.25, -0.2) is 15.0 Å². The zero-order valence-electron chi connectivity index (χ0n) is 11.4. The van der Waals surface area contributed by atoms with Crippen LogP contribution in [-0.2, 0) is 13.5 Å². The Balaban J connectivity index is 2.35. The van der Waals surface area contributed by atoms with Crippen molar-refractivity contribution in [2.75, 3.05) is 11.9 Å². The van der Waals surface area contributed by atoms with Crippen molar-refractivity contribution in [3.05, 3.63) is 35.3 Å². The minimum absolute atomic E-state index is 0.733. The Morgan fingerprint density at radius 2 is 2.06 bits per heavy atom. The molecule has 5 heteroatoms. The fraction of sp³-hybridized carbons (Fsp3) is 0.462. The molecule has 18 heavy (non-hydrogen) atoms. The van der Waals surface area contributed by atoms with E-state index in [0.29, 0.717) is 0 Å². The van der Waals surface area contributed by atoms with Crippen LogP contribution in [0.1, 0.15) is 29.8 Å². The topological polar surface area (TPSA) is 55.6 Å². The lowest BCUT2D eigenvalue weighted by molar-refractivity contribution is 0.800. The lowest BCUT2D eigenvalue weighted by Crippen LogP contribution is -2.09. The van der Waals surface area contributed by atoms with E-state index in [1.54, 1.807) is 0 Å². The molecule has 2 heterocycles. The molecule has 0 radical (unpaired) electrons. The van der Waals surface area contributed by atoms with Crippen LogP contribution in [0.3, 0.4) is 0 Å². The van der Waals surface area contributed by atoms with Crippen molar-refractivity contribution in [3.63, 3.8) is 0 Å². The van der Waals surface area contributed by atoms with Crippen LogP contribution < -0.4 is 5.32 Å². The summed E-state index contributed by atoms with van der Waals surface area (Å²) in [7, 11) is 2.00. The Labute approximate surface area is 107 Å². The van der Waals surface area contributed by atoms with E-state index >= 15 is 0 Å². The van der Waals surface area contributed by atoms with E-state index < -0.39 is 0 Å². The molecular formula is C13H19N5. The van der Waals surface area contributed by atoms with Crippen LogP contribution in [0.4, 0.5) is 5.82 Å². The second kappa shape index (κ2) is 5.16. The molecule has 0 aliphatic heterocycles. The summed E-state index contributed by atoms with van der Waals surface area (Å²) >= 11 is 0. The van der Waals surface area contributed by atoms with Gasteiger partial charge >= 0.3 is 0 Å². The van der Waals surface area contributed by atoms with Gasteiger partial charge in [0.25, 0.3) is 0 Å². The smallest absolute Gasteiger partial charge is 0.132 e. The molecule has 2 aromatic rings. The highest BCUT2D eigenvalue weighted by molar-refractivity contribution is 5.46. The number of anilines is 1. The molecule has 0 amide bonds. The van der Waals surface area contributed by atoms with Crippen molar-refractivity contribution < 1.29 is 0 Å². The van der Waals surface area contributed by atoms with Gasteiger partial charge in [0.1, 0.15) is 17.5 Å². The average molecular weight is 245 g/mol. The summed E-state index contributed by atoms with van der Waals surface area (Å²) in [5.74, 6) is 2.73. The first-order chi connectivity index (χ1) is 8.61. The Morgan fingerprint density at radius 3 is 2.67 bits per heavy atom. The highest BCUT2D eigenvalue weighted by Gasteiger charge is 2.11. The Morgan fingerprint density at radius 1 is 1.28 bits per heavy atom. The molecule has 0 aliphatic rings. The van der Waals surface area contributed by atoms with Gasteiger partial charge in [-0.1, -0.05) is 0 Å². The summed E-state index contributed by atoms with van der Waals surface area (Å²) < 4.78 is 2.02. The molecule has 2 aromatic heterocycles. The Bertz CT molecular complexity index is 544. The lowest BCUT2D eigenvalue weighted by Gasteiger charge is -2.11. The third kappa shape index (κ3) is 2.50. The zero-order valence-corrected chi connectivity index (χ0v) is 11.4. The van der Waals surface area contributed by atoms with Gasteiger partial charge in [-0.3, -0.25) is 0 Å². The molecule has 0 spiro atoms. The van der Waals surface area contributed by atoms with E-state index in [4.69, 9.17) is 0 Å². The quantitative estimate of drug-likeness (QED) is 0.893. The molecule has 0 aliphatic carbocycles. The van der Waals surface area contributed by atoms with Gasteiger partial charge in [0.05, 0.1) is 5.69 Å². The van der Waals surface area contributed by atoms with E-state index in [1.165, 1.54) is 0 Å². The number of aryl methyl sites for hydroxylation is 2. The molecule has 0 atom stereocenters.